The Balaban J connectivity index is 1.86. The van der Waals surface area contributed by atoms with E-state index in [1.807, 2.05) is 17.0 Å². The molecule has 1 aliphatic rings. The summed E-state index contributed by atoms with van der Waals surface area (Å²) in [5.74, 6) is 2.41. The van der Waals surface area contributed by atoms with Gasteiger partial charge in [0.1, 0.15) is 5.75 Å². The summed E-state index contributed by atoms with van der Waals surface area (Å²) < 4.78 is 5.16. The van der Waals surface area contributed by atoms with Crippen molar-refractivity contribution in [1.29, 1.82) is 0 Å². The summed E-state index contributed by atoms with van der Waals surface area (Å²) in [6.45, 7) is 4.50. The van der Waals surface area contributed by atoms with Crippen molar-refractivity contribution in [2.45, 2.75) is 13.3 Å². The average molecular weight is 336 g/mol. The van der Waals surface area contributed by atoms with Crippen LogP contribution >= 0.6 is 11.8 Å². The summed E-state index contributed by atoms with van der Waals surface area (Å²) in [4.78, 5) is 28.3. The van der Waals surface area contributed by atoms with Gasteiger partial charge in [-0.15, -0.1) is 0 Å². The molecule has 0 unspecified atom stereocenters. The average Bonchev–Trinajstić information content (AvgIpc) is 2.61. The first kappa shape index (κ1) is 17.7. The van der Waals surface area contributed by atoms with Crippen molar-refractivity contribution in [3.05, 3.63) is 29.8 Å². The van der Waals surface area contributed by atoms with E-state index < -0.39 is 0 Å². The Kier molecular flexibility index (Phi) is 6.77. The molecule has 0 N–H and O–H groups in total. The molecule has 6 heteroatoms. The van der Waals surface area contributed by atoms with E-state index in [-0.39, 0.29) is 11.8 Å². The van der Waals surface area contributed by atoms with E-state index in [2.05, 4.69) is 6.92 Å². The summed E-state index contributed by atoms with van der Waals surface area (Å²) in [6.07, 6.45) is 1.08. The highest BCUT2D eigenvalue weighted by Gasteiger charge is 2.24. The van der Waals surface area contributed by atoms with Crippen LogP contribution in [-0.2, 0) is 4.79 Å². The fourth-order valence-electron chi connectivity index (χ4n) is 2.49. The minimum atomic E-state index is -0.00337. The Morgan fingerprint density at radius 3 is 2.52 bits per heavy atom. The van der Waals surface area contributed by atoms with Gasteiger partial charge in [0.05, 0.1) is 12.9 Å². The van der Waals surface area contributed by atoms with E-state index in [4.69, 9.17) is 4.74 Å². The number of ether oxygens (including phenoxy) is 1. The smallest absolute Gasteiger partial charge is 0.254 e. The summed E-state index contributed by atoms with van der Waals surface area (Å²) in [7, 11) is 1.59. The fourth-order valence-corrected chi connectivity index (χ4v) is 3.28. The third-order valence-corrected chi connectivity index (χ3v) is 4.96. The number of piperazine rings is 1. The Labute approximate surface area is 142 Å². The molecule has 1 aromatic carbocycles. The monoisotopic (exact) mass is 336 g/mol. The van der Waals surface area contributed by atoms with Crippen molar-refractivity contribution in [2.24, 2.45) is 0 Å². The van der Waals surface area contributed by atoms with Gasteiger partial charge in [-0.05, 0) is 30.4 Å². The normalized spacial score (nSPS) is 14.7. The molecule has 1 aromatic rings. The number of thioether (sulfide) groups is 1. The van der Waals surface area contributed by atoms with Gasteiger partial charge in [0.2, 0.25) is 5.91 Å². The molecule has 1 aliphatic heterocycles. The number of hydrogen-bond acceptors (Lipinski definition) is 4. The van der Waals surface area contributed by atoms with Crippen LogP contribution in [0.3, 0.4) is 0 Å². The quantitative estimate of drug-likeness (QED) is 0.747. The summed E-state index contributed by atoms with van der Waals surface area (Å²) in [6, 6.07) is 7.18. The van der Waals surface area contributed by atoms with Crippen molar-refractivity contribution in [3.63, 3.8) is 0 Å². The van der Waals surface area contributed by atoms with E-state index in [1.54, 1.807) is 35.9 Å². The van der Waals surface area contributed by atoms with Crippen LogP contribution < -0.4 is 4.74 Å². The maximum Gasteiger partial charge on any atom is 0.254 e. The zero-order chi connectivity index (χ0) is 16.7. The minimum absolute atomic E-state index is 0.00337. The SMILES string of the molecule is CCCSCC(=O)N1CCN(C(=O)c2cccc(OC)c2)CC1. The van der Waals surface area contributed by atoms with E-state index in [1.165, 1.54) is 0 Å². The third-order valence-electron chi connectivity index (χ3n) is 3.81. The Morgan fingerprint density at radius 1 is 1.17 bits per heavy atom. The molecule has 0 spiro atoms. The first-order valence-corrected chi connectivity index (χ1v) is 9.10. The van der Waals surface area contributed by atoms with Crippen LogP contribution in [0.1, 0.15) is 23.7 Å². The second-order valence-corrected chi connectivity index (χ2v) is 6.56. The van der Waals surface area contributed by atoms with Crippen LogP contribution in [0, 0.1) is 0 Å². The number of rotatable bonds is 6. The number of hydrogen-bond donors (Lipinski definition) is 0. The van der Waals surface area contributed by atoms with Crippen molar-refractivity contribution in [3.8, 4) is 5.75 Å². The van der Waals surface area contributed by atoms with Crippen molar-refractivity contribution < 1.29 is 14.3 Å². The first-order valence-electron chi connectivity index (χ1n) is 7.94. The summed E-state index contributed by atoms with van der Waals surface area (Å²) >= 11 is 1.68. The second kappa shape index (κ2) is 8.82. The molecule has 2 rings (SSSR count). The van der Waals surface area contributed by atoms with Crippen LogP contribution in [0.5, 0.6) is 5.75 Å². The highest BCUT2D eigenvalue weighted by molar-refractivity contribution is 7.99. The number of nitrogens with zero attached hydrogens (tertiary/aromatic N) is 2. The number of amides is 2. The highest BCUT2D eigenvalue weighted by atomic mass is 32.2. The summed E-state index contributed by atoms with van der Waals surface area (Å²) in [5, 5.41) is 0. The van der Waals surface area contributed by atoms with Crippen LogP contribution in [0.2, 0.25) is 0 Å². The van der Waals surface area contributed by atoms with Gasteiger partial charge in [-0.25, -0.2) is 0 Å². The third kappa shape index (κ3) is 4.89. The second-order valence-electron chi connectivity index (χ2n) is 5.46. The lowest BCUT2D eigenvalue weighted by molar-refractivity contribution is -0.129. The van der Waals surface area contributed by atoms with Crippen molar-refractivity contribution in [1.82, 2.24) is 9.80 Å². The number of benzene rings is 1. The van der Waals surface area contributed by atoms with Crippen molar-refractivity contribution in [2.75, 3.05) is 44.8 Å². The molecular formula is C17H24N2O3S. The van der Waals surface area contributed by atoms with Gasteiger partial charge >= 0.3 is 0 Å². The van der Waals surface area contributed by atoms with Gasteiger partial charge in [-0.1, -0.05) is 13.0 Å². The van der Waals surface area contributed by atoms with Gasteiger partial charge < -0.3 is 14.5 Å². The van der Waals surface area contributed by atoms with Crippen LogP contribution in [-0.4, -0.2) is 66.4 Å². The first-order chi connectivity index (χ1) is 11.2. The zero-order valence-corrected chi connectivity index (χ0v) is 14.6. The predicted octanol–water partition coefficient (Wildman–Crippen LogP) is 2.12. The van der Waals surface area contributed by atoms with Gasteiger partial charge in [-0.2, -0.15) is 11.8 Å². The van der Waals surface area contributed by atoms with Gasteiger partial charge in [0.15, 0.2) is 0 Å². The largest absolute Gasteiger partial charge is 0.497 e. The summed E-state index contributed by atoms with van der Waals surface area (Å²) in [5.41, 5.74) is 0.627. The predicted molar refractivity (Wildman–Crippen MR) is 93.1 cm³/mol. The van der Waals surface area contributed by atoms with Crippen molar-refractivity contribution >= 4 is 23.6 Å². The molecule has 0 bridgehead atoms. The standard InChI is InChI=1S/C17H24N2O3S/c1-3-11-23-13-16(20)18-7-9-19(10-8-18)17(21)14-5-4-6-15(12-14)22-2/h4-6,12H,3,7-11,13H2,1-2H3. The highest BCUT2D eigenvalue weighted by Crippen LogP contribution is 2.16. The minimum Gasteiger partial charge on any atom is -0.497 e. The lowest BCUT2D eigenvalue weighted by Crippen LogP contribution is -2.51. The molecule has 1 fully saturated rings. The molecule has 1 saturated heterocycles. The molecule has 0 radical (unpaired) electrons. The fraction of sp³-hybridized carbons (Fsp3) is 0.529. The molecule has 0 atom stereocenters. The van der Waals surface area contributed by atoms with Gasteiger partial charge in [0.25, 0.3) is 5.91 Å². The maximum atomic E-state index is 12.5. The Morgan fingerprint density at radius 2 is 1.87 bits per heavy atom. The van der Waals surface area contributed by atoms with E-state index in [0.717, 1.165) is 12.2 Å². The molecule has 5 nitrogen and oxygen atoms in total. The molecule has 0 aliphatic carbocycles. The number of methoxy groups -OCH3 is 1. The molecule has 2 amide bonds. The molecule has 0 saturated carbocycles. The van der Waals surface area contributed by atoms with E-state index in [9.17, 15) is 9.59 Å². The Bertz CT molecular complexity index is 542. The maximum absolute atomic E-state index is 12.5. The molecule has 23 heavy (non-hydrogen) atoms. The van der Waals surface area contributed by atoms with E-state index in [0.29, 0.717) is 43.2 Å². The molecule has 0 aromatic heterocycles. The van der Waals surface area contributed by atoms with Crippen LogP contribution in [0.25, 0.3) is 0 Å². The molecular weight excluding hydrogens is 312 g/mol. The Hall–Kier alpha value is -1.69. The molecule has 126 valence electrons. The van der Waals surface area contributed by atoms with E-state index >= 15 is 0 Å². The van der Waals surface area contributed by atoms with Crippen LogP contribution in [0.15, 0.2) is 24.3 Å². The lowest BCUT2D eigenvalue weighted by Gasteiger charge is -2.34. The molecule has 1 heterocycles. The number of carbonyl (C=O) groups excluding carboxylic acids is 2. The van der Waals surface area contributed by atoms with Gasteiger partial charge in [-0.3, -0.25) is 9.59 Å². The number of carbonyl (C=O) groups is 2. The van der Waals surface area contributed by atoms with Gasteiger partial charge in [0, 0.05) is 31.7 Å². The topological polar surface area (TPSA) is 49.9 Å². The zero-order valence-electron chi connectivity index (χ0n) is 13.8. The lowest BCUT2D eigenvalue weighted by atomic mass is 10.1. The van der Waals surface area contributed by atoms with Crippen LogP contribution in [0.4, 0.5) is 0 Å².